The number of nitrogens with one attached hydrogen (secondary N) is 1. The van der Waals surface area contributed by atoms with Crippen molar-refractivity contribution in [3.63, 3.8) is 0 Å². The lowest BCUT2D eigenvalue weighted by molar-refractivity contribution is -0.962. The Morgan fingerprint density at radius 3 is 2.18 bits per heavy atom. The van der Waals surface area contributed by atoms with Gasteiger partial charge in [0.05, 0.1) is 48.7 Å². The first-order valence-corrected chi connectivity index (χ1v) is 12.4. The highest BCUT2D eigenvalue weighted by molar-refractivity contribution is 7.89. The number of piperazine rings is 1. The molecule has 1 aromatic carbocycles. The maximum Gasteiger partial charge on any atom is 0.243 e. The summed E-state index contributed by atoms with van der Waals surface area (Å²) < 4.78 is 33.1. The van der Waals surface area contributed by atoms with E-state index in [2.05, 4.69) is 0 Å². The summed E-state index contributed by atoms with van der Waals surface area (Å²) in [6, 6.07) is 4.72. The van der Waals surface area contributed by atoms with Gasteiger partial charge < -0.3 is 9.64 Å². The molecule has 5 fully saturated rings. The highest BCUT2D eigenvalue weighted by Crippen LogP contribution is 2.54. The van der Waals surface area contributed by atoms with Gasteiger partial charge in [-0.05, 0) is 49.1 Å². The van der Waals surface area contributed by atoms with Gasteiger partial charge in [-0.15, -0.1) is 0 Å². The van der Waals surface area contributed by atoms with E-state index in [4.69, 9.17) is 16.3 Å². The average molecular weight is 426 g/mol. The van der Waals surface area contributed by atoms with Crippen LogP contribution in [0.5, 0.6) is 5.75 Å². The summed E-state index contributed by atoms with van der Waals surface area (Å²) in [5.41, 5.74) is 0.439. The summed E-state index contributed by atoms with van der Waals surface area (Å²) >= 11 is 6.06. The van der Waals surface area contributed by atoms with Gasteiger partial charge in [0.2, 0.25) is 10.0 Å². The molecule has 1 N–H and O–H groups in total. The van der Waals surface area contributed by atoms with Crippen molar-refractivity contribution in [2.75, 3.05) is 33.3 Å². The normalized spacial score (nSPS) is 36.0. The highest BCUT2D eigenvalue weighted by atomic mass is 35.5. The fourth-order valence-electron chi connectivity index (χ4n) is 7.02. The minimum absolute atomic E-state index is 0.270. The van der Waals surface area contributed by atoms with Crippen LogP contribution in [0.4, 0.5) is 0 Å². The van der Waals surface area contributed by atoms with E-state index in [1.54, 1.807) is 21.3 Å². The van der Waals surface area contributed by atoms with Gasteiger partial charge in [-0.2, -0.15) is 4.31 Å². The summed E-state index contributed by atoms with van der Waals surface area (Å²) in [6.45, 7) is 3.06. The van der Waals surface area contributed by atoms with Crippen LogP contribution in [-0.2, 0) is 10.0 Å². The number of methoxy groups -OCH3 is 1. The smallest absolute Gasteiger partial charge is 0.243 e. The van der Waals surface area contributed by atoms with Crippen LogP contribution in [0.25, 0.3) is 0 Å². The second-order valence-electron chi connectivity index (χ2n) is 9.50. The first-order chi connectivity index (χ1) is 13.4. The average Bonchev–Trinajstić information content (AvgIpc) is 2.67. The quantitative estimate of drug-likeness (QED) is 0.804. The third-order valence-electron chi connectivity index (χ3n) is 7.87. The van der Waals surface area contributed by atoms with Crippen molar-refractivity contribution >= 4 is 21.6 Å². The summed E-state index contributed by atoms with van der Waals surface area (Å²) in [6.07, 6.45) is 8.46. The molecule has 0 spiro atoms. The Morgan fingerprint density at radius 1 is 1.07 bits per heavy atom. The Bertz CT molecular complexity index is 829. The molecule has 4 saturated carbocycles. The van der Waals surface area contributed by atoms with E-state index in [0.29, 0.717) is 29.4 Å². The lowest BCUT2D eigenvalue weighted by atomic mass is 9.52. The van der Waals surface area contributed by atoms with Crippen LogP contribution in [0.1, 0.15) is 38.5 Å². The monoisotopic (exact) mass is 425 g/mol. The van der Waals surface area contributed by atoms with Gasteiger partial charge in [0.1, 0.15) is 5.75 Å². The molecule has 154 valence electrons. The standard InChI is InChI=1S/C21H29ClN2O3S/c1-27-20-11-18(2-3-19(20)22)28(25,26)24-6-4-23(5-7-24)21-12-15-8-16(13-21)10-17(9-15)14-21/h2-3,11,15-17H,4-10,12-14H2,1H3/p+1. The van der Waals surface area contributed by atoms with Gasteiger partial charge in [0, 0.05) is 25.3 Å². The summed E-state index contributed by atoms with van der Waals surface area (Å²) in [7, 11) is -2.00. The van der Waals surface area contributed by atoms with Crippen molar-refractivity contribution in [2.24, 2.45) is 17.8 Å². The maximum atomic E-state index is 13.1. The van der Waals surface area contributed by atoms with Gasteiger partial charge >= 0.3 is 0 Å². The molecule has 4 bridgehead atoms. The van der Waals surface area contributed by atoms with Crippen LogP contribution < -0.4 is 9.64 Å². The van der Waals surface area contributed by atoms with Crippen LogP contribution in [0.3, 0.4) is 0 Å². The van der Waals surface area contributed by atoms with Crippen LogP contribution in [0.2, 0.25) is 5.02 Å². The van der Waals surface area contributed by atoms with E-state index in [0.717, 1.165) is 30.8 Å². The van der Waals surface area contributed by atoms with Crippen LogP contribution in [0.15, 0.2) is 23.1 Å². The Morgan fingerprint density at radius 2 is 1.64 bits per heavy atom. The van der Waals surface area contributed by atoms with E-state index in [1.807, 2.05) is 0 Å². The molecule has 28 heavy (non-hydrogen) atoms. The van der Waals surface area contributed by atoms with Gasteiger partial charge in [-0.3, -0.25) is 0 Å². The molecule has 1 aromatic rings. The van der Waals surface area contributed by atoms with Crippen molar-refractivity contribution < 1.29 is 18.1 Å². The second-order valence-corrected chi connectivity index (χ2v) is 11.8. The number of rotatable bonds is 4. The van der Waals surface area contributed by atoms with Crippen LogP contribution >= 0.6 is 11.6 Å². The van der Waals surface area contributed by atoms with E-state index in [-0.39, 0.29) is 4.90 Å². The van der Waals surface area contributed by atoms with Gasteiger partial charge in [0.15, 0.2) is 0 Å². The molecule has 0 amide bonds. The van der Waals surface area contributed by atoms with Crippen molar-refractivity contribution in [1.82, 2.24) is 4.31 Å². The number of ether oxygens (including phenoxy) is 1. The van der Waals surface area contributed by atoms with Crippen molar-refractivity contribution in [3.8, 4) is 5.75 Å². The van der Waals surface area contributed by atoms with Gasteiger partial charge in [-0.1, -0.05) is 11.6 Å². The zero-order valence-corrected chi connectivity index (χ0v) is 18.1. The largest absolute Gasteiger partial charge is 0.495 e. The van der Waals surface area contributed by atoms with E-state index in [9.17, 15) is 8.42 Å². The molecule has 4 aliphatic carbocycles. The maximum absolute atomic E-state index is 13.1. The minimum atomic E-state index is -3.51. The van der Waals surface area contributed by atoms with Gasteiger partial charge in [-0.25, -0.2) is 8.42 Å². The van der Waals surface area contributed by atoms with Crippen molar-refractivity contribution in [2.45, 2.75) is 49.0 Å². The molecule has 1 heterocycles. The lowest BCUT2D eigenvalue weighted by Gasteiger charge is -2.59. The molecular formula is C21H30ClN2O3S+. The molecule has 1 aliphatic heterocycles. The molecule has 0 aromatic heterocycles. The molecule has 7 heteroatoms. The minimum Gasteiger partial charge on any atom is -0.495 e. The first-order valence-electron chi connectivity index (χ1n) is 10.6. The molecule has 0 atom stereocenters. The third-order valence-corrected chi connectivity index (χ3v) is 10.1. The molecule has 1 saturated heterocycles. The van der Waals surface area contributed by atoms with E-state index in [1.165, 1.54) is 51.7 Å². The number of nitrogens with zero attached hydrogens (tertiary/aromatic N) is 1. The number of hydrogen-bond donors (Lipinski definition) is 1. The molecule has 6 rings (SSSR count). The van der Waals surface area contributed by atoms with Crippen LogP contribution in [0, 0.1) is 17.8 Å². The number of halogens is 1. The number of quaternary nitrogens is 1. The summed E-state index contributed by atoms with van der Waals surface area (Å²) in [5.74, 6) is 3.20. The number of sulfonamides is 1. The van der Waals surface area contributed by atoms with E-state index < -0.39 is 10.0 Å². The second kappa shape index (κ2) is 6.86. The molecule has 5 aliphatic rings. The van der Waals surface area contributed by atoms with Crippen LogP contribution in [-0.4, -0.2) is 51.6 Å². The Balaban J connectivity index is 1.31. The topological polar surface area (TPSA) is 51.1 Å². The fraction of sp³-hybridized carbons (Fsp3) is 0.714. The summed E-state index contributed by atoms with van der Waals surface area (Å²) in [5, 5.41) is 0.428. The highest BCUT2D eigenvalue weighted by Gasteiger charge is 2.56. The number of hydrogen-bond acceptors (Lipinski definition) is 3. The van der Waals surface area contributed by atoms with E-state index >= 15 is 0 Å². The Hall–Kier alpha value is -0.820. The predicted molar refractivity (Wildman–Crippen MR) is 108 cm³/mol. The van der Waals surface area contributed by atoms with Gasteiger partial charge in [0.25, 0.3) is 0 Å². The lowest BCUT2D eigenvalue weighted by Crippen LogP contribution is -3.23. The Kier molecular flexibility index (Phi) is 4.70. The van der Waals surface area contributed by atoms with Crippen molar-refractivity contribution in [1.29, 1.82) is 0 Å². The molecule has 0 unspecified atom stereocenters. The summed E-state index contributed by atoms with van der Waals surface area (Å²) in [4.78, 5) is 1.94. The SMILES string of the molecule is COc1cc(S(=O)(=O)N2CC[NH+](C34CC5CC(CC(C5)C3)C4)CC2)ccc1Cl. The first kappa shape index (κ1) is 19.2. The third kappa shape index (κ3) is 3.08. The molecular weight excluding hydrogens is 396 g/mol. The zero-order chi connectivity index (χ0) is 19.5. The predicted octanol–water partition coefficient (Wildman–Crippen LogP) is 2.21. The molecule has 0 radical (unpaired) electrons. The fourth-order valence-corrected chi connectivity index (χ4v) is 8.67. The number of benzene rings is 1. The zero-order valence-electron chi connectivity index (χ0n) is 16.5. The molecule has 5 nitrogen and oxygen atoms in total. The Labute approximate surface area is 173 Å². The van der Waals surface area contributed by atoms with Crippen molar-refractivity contribution in [3.05, 3.63) is 23.2 Å².